The Kier molecular flexibility index (Phi) is 5.76. The molecule has 0 spiro atoms. The van der Waals surface area contributed by atoms with Crippen LogP contribution >= 0.6 is 0 Å². The number of aryl methyl sites for hydroxylation is 1. The molecule has 1 aromatic carbocycles. The number of benzene rings is 1. The first-order valence-corrected chi connectivity index (χ1v) is 11.4. The van der Waals surface area contributed by atoms with Gasteiger partial charge >= 0.3 is 0 Å². The van der Waals surface area contributed by atoms with Crippen molar-refractivity contribution in [3.8, 4) is 22.9 Å². The van der Waals surface area contributed by atoms with Gasteiger partial charge in [-0.2, -0.15) is 0 Å². The van der Waals surface area contributed by atoms with Crippen molar-refractivity contribution in [2.24, 2.45) is 5.92 Å². The van der Waals surface area contributed by atoms with E-state index in [-0.39, 0.29) is 12.4 Å². The van der Waals surface area contributed by atoms with Gasteiger partial charge in [-0.05, 0) is 74.0 Å². The molecule has 33 heavy (non-hydrogen) atoms. The van der Waals surface area contributed by atoms with E-state index in [1.807, 2.05) is 6.07 Å². The molecule has 3 heterocycles. The monoisotopic (exact) mass is 446 g/mol. The van der Waals surface area contributed by atoms with Gasteiger partial charge in [-0.1, -0.05) is 0 Å². The Morgan fingerprint density at radius 2 is 1.97 bits per heavy atom. The predicted octanol–water partition coefficient (Wildman–Crippen LogP) is 3.37. The van der Waals surface area contributed by atoms with Crippen LogP contribution < -0.4 is 20.9 Å². The number of nitrogens with zero attached hydrogens (tertiary/aromatic N) is 4. The van der Waals surface area contributed by atoms with E-state index in [0.717, 1.165) is 36.3 Å². The Labute approximate surface area is 194 Å². The van der Waals surface area contributed by atoms with E-state index in [1.165, 1.54) is 29.5 Å². The molecular weight excluding hydrogens is 416 g/mol. The third kappa shape index (κ3) is 4.71. The second kappa shape index (κ2) is 8.86. The van der Waals surface area contributed by atoms with Crippen molar-refractivity contribution in [2.75, 3.05) is 31.7 Å². The molecule has 1 fully saturated rings. The molecule has 0 radical (unpaired) electrons. The zero-order valence-corrected chi connectivity index (χ0v) is 19.2. The van der Waals surface area contributed by atoms with Gasteiger partial charge in [-0.15, -0.1) is 0 Å². The third-order valence-electron chi connectivity index (χ3n) is 6.35. The number of anilines is 2. The van der Waals surface area contributed by atoms with Gasteiger partial charge in [0.2, 0.25) is 0 Å². The third-order valence-corrected chi connectivity index (χ3v) is 6.35. The van der Waals surface area contributed by atoms with Crippen LogP contribution in [-0.4, -0.2) is 40.1 Å². The molecule has 0 atom stereocenters. The summed E-state index contributed by atoms with van der Waals surface area (Å²) in [5.41, 5.74) is 18.8. The fourth-order valence-corrected chi connectivity index (χ4v) is 4.25. The Morgan fingerprint density at radius 1 is 1.12 bits per heavy atom. The predicted molar refractivity (Wildman–Crippen MR) is 128 cm³/mol. The molecule has 172 valence electrons. The lowest BCUT2D eigenvalue weighted by molar-refractivity contribution is 0.267. The van der Waals surface area contributed by atoms with Crippen LogP contribution in [0.3, 0.4) is 0 Å². The van der Waals surface area contributed by atoms with E-state index in [4.69, 9.17) is 25.9 Å². The van der Waals surface area contributed by atoms with Crippen molar-refractivity contribution < 1.29 is 9.47 Å². The number of rotatable bonds is 7. The van der Waals surface area contributed by atoms with Gasteiger partial charge in [0.25, 0.3) is 5.88 Å². The quantitative estimate of drug-likeness (QED) is 0.568. The minimum Gasteiger partial charge on any atom is -0.489 e. The highest BCUT2D eigenvalue weighted by Crippen LogP contribution is 2.33. The summed E-state index contributed by atoms with van der Waals surface area (Å²) in [5.74, 6) is 2.08. The highest BCUT2D eigenvalue weighted by molar-refractivity contribution is 5.64. The molecule has 0 bridgehead atoms. The number of nitrogen functional groups attached to an aromatic ring is 2. The number of hydrogen-bond acceptors (Lipinski definition) is 8. The van der Waals surface area contributed by atoms with Crippen molar-refractivity contribution in [2.45, 2.75) is 39.3 Å². The first-order valence-electron chi connectivity index (χ1n) is 11.4. The van der Waals surface area contributed by atoms with E-state index < -0.39 is 0 Å². The van der Waals surface area contributed by atoms with Crippen molar-refractivity contribution in [3.05, 3.63) is 52.8 Å². The maximum absolute atomic E-state index is 6.09. The van der Waals surface area contributed by atoms with Gasteiger partial charge in [0.15, 0.2) is 17.4 Å². The summed E-state index contributed by atoms with van der Waals surface area (Å²) in [6, 6.07) is 6.21. The first kappa shape index (κ1) is 21.5. The molecule has 3 aromatic rings. The van der Waals surface area contributed by atoms with E-state index in [9.17, 15) is 0 Å². The molecule has 2 aliphatic rings. The van der Waals surface area contributed by atoms with Crippen molar-refractivity contribution in [1.29, 1.82) is 0 Å². The fraction of sp³-hybridized carbons (Fsp3) is 0.400. The van der Waals surface area contributed by atoms with Crippen LogP contribution in [0.25, 0.3) is 11.3 Å². The molecule has 0 saturated heterocycles. The largest absolute Gasteiger partial charge is 0.489 e. The van der Waals surface area contributed by atoms with Crippen molar-refractivity contribution in [3.63, 3.8) is 0 Å². The molecule has 8 nitrogen and oxygen atoms in total. The smallest absolute Gasteiger partial charge is 0.258 e. The summed E-state index contributed by atoms with van der Waals surface area (Å²) in [4.78, 5) is 15.5. The first-order chi connectivity index (χ1) is 16.0. The molecule has 4 N–H and O–H groups in total. The number of aromatic nitrogens is 3. The van der Waals surface area contributed by atoms with Crippen LogP contribution in [0, 0.1) is 12.8 Å². The van der Waals surface area contributed by atoms with Crippen molar-refractivity contribution >= 4 is 11.6 Å². The topological polar surface area (TPSA) is 112 Å². The second-order valence-electron chi connectivity index (χ2n) is 9.09. The molecule has 0 unspecified atom stereocenters. The van der Waals surface area contributed by atoms with Crippen LogP contribution in [0.4, 0.5) is 11.6 Å². The van der Waals surface area contributed by atoms with E-state index in [2.05, 4.69) is 41.0 Å². The van der Waals surface area contributed by atoms with Gasteiger partial charge in [-0.3, -0.25) is 0 Å². The zero-order valence-electron chi connectivity index (χ0n) is 19.2. The minimum absolute atomic E-state index is 0.211. The van der Waals surface area contributed by atoms with Crippen LogP contribution in [0.15, 0.2) is 30.6 Å². The Morgan fingerprint density at radius 3 is 2.79 bits per heavy atom. The number of hydrogen-bond donors (Lipinski definition) is 2. The maximum atomic E-state index is 6.09. The van der Waals surface area contributed by atoms with Crippen LogP contribution in [0.1, 0.15) is 35.1 Å². The van der Waals surface area contributed by atoms with Gasteiger partial charge in [-0.25, -0.2) is 15.0 Å². The van der Waals surface area contributed by atoms with Gasteiger partial charge in [0, 0.05) is 30.4 Å². The van der Waals surface area contributed by atoms with Crippen LogP contribution in [0.2, 0.25) is 0 Å². The molecule has 1 aliphatic carbocycles. The number of ether oxygens (including phenoxy) is 2. The summed E-state index contributed by atoms with van der Waals surface area (Å²) in [7, 11) is 2.15. The summed E-state index contributed by atoms with van der Waals surface area (Å²) >= 11 is 0. The van der Waals surface area contributed by atoms with E-state index in [0.29, 0.717) is 30.0 Å². The Hall–Kier alpha value is -3.39. The number of fused-ring (bicyclic) bond motifs is 1. The Balaban J connectivity index is 1.38. The van der Waals surface area contributed by atoms with Gasteiger partial charge < -0.3 is 25.8 Å². The molecular formula is C25H30N6O2. The normalized spacial score (nSPS) is 15.8. The standard InChI is InChI=1S/C25H30N6O2/c1-15-9-18(10-19-12-31(2)8-6-20(15)19)21-11-29-24(27)25(30-21)33-14-17-5-7-28-23(26)22(17)32-13-16-3-4-16/h5,7,9-11,16H,3-4,6,8,12-14H2,1-2H3,(H2,26,28)(H2,27,29). The van der Waals surface area contributed by atoms with Crippen LogP contribution in [0.5, 0.6) is 11.6 Å². The highest BCUT2D eigenvalue weighted by Gasteiger charge is 2.23. The summed E-state index contributed by atoms with van der Waals surface area (Å²) < 4.78 is 11.9. The lowest BCUT2D eigenvalue weighted by atomic mass is 9.92. The maximum Gasteiger partial charge on any atom is 0.258 e. The number of pyridine rings is 1. The molecule has 5 rings (SSSR count). The average molecular weight is 447 g/mol. The van der Waals surface area contributed by atoms with Gasteiger partial charge in [0.05, 0.1) is 18.5 Å². The number of nitrogens with two attached hydrogens (primary N) is 2. The molecule has 0 amide bonds. The lowest BCUT2D eigenvalue weighted by Gasteiger charge is -2.27. The van der Waals surface area contributed by atoms with Crippen molar-refractivity contribution in [1.82, 2.24) is 19.9 Å². The highest BCUT2D eigenvalue weighted by atomic mass is 16.5. The molecule has 1 saturated carbocycles. The fourth-order valence-electron chi connectivity index (χ4n) is 4.25. The zero-order chi connectivity index (χ0) is 22.9. The summed E-state index contributed by atoms with van der Waals surface area (Å²) in [6.45, 7) is 5.03. The van der Waals surface area contributed by atoms with Crippen LogP contribution in [-0.2, 0) is 19.6 Å². The summed E-state index contributed by atoms with van der Waals surface area (Å²) in [5, 5.41) is 0. The average Bonchev–Trinajstić information content (AvgIpc) is 3.62. The molecule has 2 aromatic heterocycles. The molecule has 8 heteroatoms. The number of likely N-dealkylation sites (N-methyl/N-ethyl adjacent to an activating group) is 1. The minimum atomic E-state index is 0.211. The van der Waals surface area contributed by atoms with E-state index >= 15 is 0 Å². The summed E-state index contributed by atoms with van der Waals surface area (Å²) in [6.07, 6.45) is 6.81. The Bertz CT molecular complexity index is 1180. The SMILES string of the molecule is Cc1cc(-c2cnc(N)c(OCc3ccnc(N)c3OCC3CC3)n2)cc2c1CCN(C)C2. The van der Waals surface area contributed by atoms with Gasteiger partial charge in [0.1, 0.15) is 6.61 Å². The molecule has 1 aliphatic heterocycles. The lowest BCUT2D eigenvalue weighted by Crippen LogP contribution is -2.27. The van der Waals surface area contributed by atoms with E-state index in [1.54, 1.807) is 12.4 Å². The second-order valence-corrected chi connectivity index (χ2v) is 9.09.